The highest BCUT2D eigenvalue weighted by Gasteiger charge is 2.31. The Morgan fingerprint density at radius 2 is 2.00 bits per heavy atom. The number of hydrogen-bond acceptors (Lipinski definition) is 4. The van der Waals surface area contributed by atoms with E-state index in [0.29, 0.717) is 12.6 Å². The Kier molecular flexibility index (Phi) is 5.89. The van der Waals surface area contributed by atoms with E-state index in [9.17, 15) is 8.42 Å². The molecule has 0 spiro atoms. The van der Waals surface area contributed by atoms with E-state index >= 15 is 0 Å². The van der Waals surface area contributed by atoms with Gasteiger partial charge in [-0.25, -0.2) is 8.42 Å². The van der Waals surface area contributed by atoms with Gasteiger partial charge in [-0.3, -0.25) is 4.90 Å². The summed E-state index contributed by atoms with van der Waals surface area (Å²) in [5.41, 5.74) is 5.63. The zero-order valence-corrected chi connectivity index (χ0v) is 11.9. The van der Waals surface area contributed by atoms with Gasteiger partial charge < -0.3 is 5.73 Å². The maximum absolute atomic E-state index is 11.6. The molecule has 102 valence electrons. The van der Waals surface area contributed by atoms with Gasteiger partial charge in [0.1, 0.15) is 9.84 Å². The van der Waals surface area contributed by atoms with Gasteiger partial charge in [-0.05, 0) is 32.2 Å². The first-order valence-electron chi connectivity index (χ1n) is 6.62. The third-order valence-electron chi connectivity index (χ3n) is 3.65. The van der Waals surface area contributed by atoms with Crippen LogP contribution < -0.4 is 5.73 Å². The smallest absolute Gasteiger partial charge is 0.150 e. The molecule has 0 aromatic heterocycles. The number of nitrogens with two attached hydrogens (primary N) is 1. The normalized spacial score (nSPS) is 26.4. The number of sulfone groups is 1. The Morgan fingerprint density at radius 3 is 2.53 bits per heavy atom. The van der Waals surface area contributed by atoms with Crippen LogP contribution >= 0.6 is 0 Å². The van der Waals surface area contributed by atoms with Crippen LogP contribution in [0.5, 0.6) is 0 Å². The Balaban J connectivity index is 2.63. The molecule has 1 aliphatic carbocycles. The van der Waals surface area contributed by atoms with Crippen molar-refractivity contribution in [2.24, 2.45) is 5.73 Å². The van der Waals surface area contributed by atoms with Crippen LogP contribution in [-0.2, 0) is 9.84 Å². The molecule has 4 nitrogen and oxygen atoms in total. The second kappa shape index (κ2) is 6.71. The van der Waals surface area contributed by atoms with Gasteiger partial charge in [-0.15, -0.1) is 0 Å². The molecular weight excluding hydrogens is 236 g/mol. The van der Waals surface area contributed by atoms with Gasteiger partial charge in [0.05, 0.1) is 5.25 Å². The molecule has 2 unspecified atom stereocenters. The van der Waals surface area contributed by atoms with E-state index in [1.54, 1.807) is 0 Å². The van der Waals surface area contributed by atoms with Crippen LogP contribution in [0.25, 0.3) is 0 Å². The van der Waals surface area contributed by atoms with Gasteiger partial charge in [0.2, 0.25) is 0 Å². The second-order valence-corrected chi connectivity index (χ2v) is 7.42. The van der Waals surface area contributed by atoms with Crippen LogP contribution in [0.15, 0.2) is 0 Å². The van der Waals surface area contributed by atoms with Crippen LogP contribution in [0.1, 0.15) is 39.0 Å². The van der Waals surface area contributed by atoms with Gasteiger partial charge in [0.25, 0.3) is 0 Å². The summed E-state index contributed by atoms with van der Waals surface area (Å²) in [6, 6.07) is 0.409. The predicted octanol–water partition coefficient (Wildman–Crippen LogP) is 1.01. The molecule has 5 heteroatoms. The van der Waals surface area contributed by atoms with Gasteiger partial charge in [-0.2, -0.15) is 0 Å². The summed E-state index contributed by atoms with van der Waals surface area (Å²) in [4.78, 5) is 2.37. The molecule has 0 aliphatic heterocycles. The minimum Gasteiger partial charge on any atom is -0.329 e. The highest BCUT2D eigenvalue weighted by Crippen LogP contribution is 2.27. The lowest BCUT2D eigenvalue weighted by atomic mass is 9.93. The molecule has 1 saturated carbocycles. The molecule has 2 N–H and O–H groups in total. The average molecular weight is 262 g/mol. The van der Waals surface area contributed by atoms with E-state index < -0.39 is 9.84 Å². The molecule has 1 aliphatic rings. The van der Waals surface area contributed by atoms with Crippen molar-refractivity contribution in [2.75, 3.05) is 25.9 Å². The molecule has 0 aromatic rings. The fraction of sp³-hybridized carbons (Fsp3) is 1.00. The summed E-state index contributed by atoms with van der Waals surface area (Å²) in [7, 11) is -2.88. The predicted molar refractivity (Wildman–Crippen MR) is 71.8 cm³/mol. The third-order valence-corrected chi connectivity index (χ3v) is 5.29. The first-order chi connectivity index (χ1) is 7.99. The quantitative estimate of drug-likeness (QED) is 0.776. The summed E-state index contributed by atoms with van der Waals surface area (Å²) >= 11 is 0. The lowest BCUT2D eigenvalue weighted by Gasteiger charge is -2.36. The second-order valence-electron chi connectivity index (χ2n) is 5.10. The summed E-state index contributed by atoms with van der Waals surface area (Å²) in [5, 5.41) is -0.140. The van der Waals surface area contributed by atoms with Gasteiger partial charge >= 0.3 is 0 Å². The number of rotatable bonds is 6. The number of hydrogen-bond donors (Lipinski definition) is 1. The highest BCUT2D eigenvalue weighted by molar-refractivity contribution is 7.91. The minimum atomic E-state index is -2.88. The summed E-state index contributed by atoms with van der Waals surface area (Å²) in [6.07, 6.45) is 6.23. The van der Waals surface area contributed by atoms with Crippen LogP contribution in [-0.4, -0.2) is 50.5 Å². The summed E-state index contributed by atoms with van der Waals surface area (Å²) < 4.78 is 23.3. The summed E-state index contributed by atoms with van der Waals surface area (Å²) in [6.45, 7) is 4.72. The van der Waals surface area contributed by atoms with Crippen molar-refractivity contribution < 1.29 is 8.42 Å². The van der Waals surface area contributed by atoms with E-state index in [1.807, 2.05) is 0 Å². The molecule has 1 rings (SSSR count). The van der Waals surface area contributed by atoms with Crippen molar-refractivity contribution >= 4 is 9.84 Å². The third kappa shape index (κ3) is 4.56. The molecule has 0 amide bonds. The first-order valence-corrected chi connectivity index (χ1v) is 8.57. The Hall–Kier alpha value is -0.130. The fourth-order valence-electron chi connectivity index (χ4n) is 2.77. The molecule has 2 atom stereocenters. The van der Waals surface area contributed by atoms with Crippen LogP contribution in [0.3, 0.4) is 0 Å². The average Bonchev–Trinajstić information content (AvgIpc) is 2.28. The molecule has 0 radical (unpaired) electrons. The van der Waals surface area contributed by atoms with Crippen LogP contribution in [0.2, 0.25) is 0 Å². The monoisotopic (exact) mass is 262 g/mol. The largest absolute Gasteiger partial charge is 0.329 e. The first kappa shape index (κ1) is 14.9. The molecular formula is C12H26N2O2S. The zero-order valence-electron chi connectivity index (χ0n) is 11.1. The maximum Gasteiger partial charge on any atom is 0.150 e. The highest BCUT2D eigenvalue weighted by atomic mass is 32.2. The molecule has 0 aromatic carbocycles. The Labute approximate surface area is 105 Å². The molecule has 0 bridgehead atoms. The molecule has 0 heterocycles. The van der Waals surface area contributed by atoms with E-state index in [0.717, 1.165) is 45.2 Å². The lowest BCUT2D eigenvalue weighted by molar-refractivity contribution is 0.161. The molecule has 0 saturated heterocycles. The standard InChI is InChI=1S/C12H26N2O2S/c1-3-8-14(9-7-13)11-5-4-6-12(10-11)17(2,15)16/h11-12H,3-10,13H2,1-2H3. The maximum atomic E-state index is 11.6. The fourth-order valence-corrected chi connectivity index (χ4v) is 3.94. The van der Waals surface area contributed by atoms with Gasteiger partial charge in [0.15, 0.2) is 0 Å². The minimum absolute atomic E-state index is 0.140. The van der Waals surface area contributed by atoms with Crippen molar-refractivity contribution in [3.8, 4) is 0 Å². The molecule has 17 heavy (non-hydrogen) atoms. The van der Waals surface area contributed by atoms with Gasteiger partial charge in [0, 0.05) is 25.4 Å². The Morgan fingerprint density at radius 1 is 1.29 bits per heavy atom. The van der Waals surface area contributed by atoms with Crippen molar-refractivity contribution in [2.45, 2.75) is 50.3 Å². The van der Waals surface area contributed by atoms with Gasteiger partial charge in [-0.1, -0.05) is 13.3 Å². The van der Waals surface area contributed by atoms with E-state index in [1.165, 1.54) is 6.26 Å². The zero-order chi connectivity index (χ0) is 12.9. The van der Waals surface area contributed by atoms with Crippen molar-refractivity contribution in [3.63, 3.8) is 0 Å². The van der Waals surface area contributed by atoms with E-state index in [2.05, 4.69) is 11.8 Å². The van der Waals surface area contributed by atoms with Crippen molar-refractivity contribution in [3.05, 3.63) is 0 Å². The van der Waals surface area contributed by atoms with Crippen molar-refractivity contribution in [1.82, 2.24) is 4.90 Å². The topological polar surface area (TPSA) is 63.4 Å². The van der Waals surface area contributed by atoms with E-state index in [4.69, 9.17) is 5.73 Å². The molecule has 1 fully saturated rings. The van der Waals surface area contributed by atoms with Crippen LogP contribution in [0.4, 0.5) is 0 Å². The Bertz CT molecular complexity index is 310. The van der Waals surface area contributed by atoms with E-state index in [-0.39, 0.29) is 5.25 Å². The SMILES string of the molecule is CCCN(CCN)C1CCCC(S(C)(=O)=O)C1. The van der Waals surface area contributed by atoms with Crippen molar-refractivity contribution in [1.29, 1.82) is 0 Å². The van der Waals surface area contributed by atoms with Crippen LogP contribution in [0, 0.1) is 0 Å². The lowest BCUT2D eigenvalue weighted by Crippen LogP contribution is -2.44. The summed E-state index contributed by atoms with van der Waals surface area (Å²) in [5.74, 6) is 0. The number of nitrogens with zero attached hydrogens (tertiary/aromatic N) is 1.